The number of carbonyl (C=O) groups excluding carboxylic acids is 1. The highest BCUT2D eigenvalue weighted by molar-refractivity contribution is 6.01. The molecule has 1 N–H and O–H groups in total. The van der Waals surface area contributed by atoms with Crippen LogP contribution in [0, 0.1) is 11.2 Å². The fourth-order valence-corrected chi connectivity index (χ4v) is 5.59. The van der Waals surface area contributed by atoms with Gasteiger partial charge in [0.1, 0.15) is 5.82 Å². The number of hydrogen-bond donors (Lipinski definition) is 1. The van der Waals surface area contributed by atoms with Crippen LogP contribution in [-0.2, 0) is 10.2 Å². The van der Waals surface area contributed by atoms with Crippen molar-refractivity contribution in [2.45, 2.75) is 51.6 Å². The van der Waals surface area contributed by atoms with Gasteiger partial charge < -0.3 is 10.1 Å². The van der Waals surface area contributed by atoms with Gasteiger partial charge in [0.05, 0.1) is 24.9 Å². The summed E-state index contributed by atoms with van der Waals surface area (Å²) >= 11 is 0. The summed E-state index contributed by atoms with van der Waals surface area (Å²) in [6, 6.07) is 9.36. The van der Waals surface area contributed by atoms with Gasteiger partial charge in [-0.3, -0.25) is 4.79 Å². The fourth-order valence-electron chi connectivity index (χ4n) is 5.59. The number of hydrogen-bond acceptors (Lipinski definition) is 6. The van der Waals surface area contributed by atoms with Crippen LogP contribution in [0.2, 0.25) is 0 Å². The topological polar surface area (TPSA) is 75.9 Å². The fraction of sp³-hybridized carbons (Fsp3) is 0.385. The van der Waals surface area contributed by atoms with Gasteiger partial charge in [0, 0.05) is 34.9 Å². The van der Waals surface area contributed by atoms with E-state index in [1.807, 2.05) is 24.3 Å². The number of Topliss-reactive ketones (excluding diaryl/α,β-unsaturated/α-hetero) is 1. The van der Waals surface area contributed by atoms with E-state index in [1.165, 1.54) is 13.3 Å². The van der Waals surface area contributed by atoms with E-state index in [0.29, 0.717) is 29.8 Å². The number of azo groups is 1. The number of nitrogens with zero attached hydrogens (tertiary/aromatic N) is 3. The van der Waals surface area contributed by atoms with Crippen LogP contribution in [0.25, 0.3) is 11.1 Å². The van der Waals surface area contributed by atoms with Gasteiger partial charge in [-0.15, -0.1) is 0 Å². The minimum Gasteiger partial charge on any atom is -0.481 e. The van der Waals surface area contributed by atoms with E-state index < -0.39 is 11.2 Å². The SMILES string of the molecule is CCC1(c2cccc(-c3cc(OC)ncc3F)c2)C2=CN=NC2NC2=C1C(=O)CC(C)(C)C2. The number of pyridine rings is 1. The smallest absolute Gasteiger partial charge is 0.213 e. The molecule has 2 aromatic rings. The van der Waals surface area contributed by atoms with Crippen LogP contribution in [0.5, 0.6) is 5.88 Å². The standard InChI is InChI=1S/C26H27FN4O2/c1-5-26(16-8-6-7-15(9-16)17-10-22(33-4)28-14-19(17)27)18-13-29-31-24(18)30-20-11-25(2,3)12-21(32)23(20)26/h6-10,13-14,24,30H,5,11-12H2,1-4H3. The number of aromatic nitrogens is 1. The largest absolute Gasteiger partial charge is 0.481 e. The Morgan fingerprint density at radius 3 is 2.82 bits per heavy atom. The Hall–Kier alpha value is -3.35. The van der Waals surface area contributed by atoms with Crippen molar-refractivity contribution in [2.24, 2.45) is 15.6 Å². The predicted octanol–water partition coefficient (Wildman–Crippen LogP) is 5.47. The normalized spacial score (nSPS) is 25.3. The van der Waals surface area contributed by atoms with Crippen molar-refractivity contribution in [3.63, 3.8) is 0 Å². The van der Waals surface area contributed by atoms with Gasteiger partial charge in [-0.25, -0.2) is 9.37 Å². The Morgan fingerprint density at radius 2 is 2.06 bits per heavy atom. The lowest BCUT2D eigenvalue weighted by Crippen LogP contribution is -2.51. The summed E-state index contributed by atoms with van der Waals surface area (Å²) in [7, 11) is 1.51. The summed E-state index contributed by atoms with van der Waals surface area (Å²) in [6.45, 7) is 6.32. The Morgan fingerprint density at radius 1 is 1.24 bits per heavy atom. The number of ketones is 1. The second-order valence-corrected chi connectivity index (χ2v) is 9.70. The predicted molar refractivity (Wildman–Crippen MR) is 123 cm³/mol. The van der Waals surface area contributed by atoms with Crippen LogP contribution < -0.4 is 10.1 Å². The highest BCUT2D eigenvalue weighted by Crippen LogP contribution is 2.54. The summed E-state index contributed by atoms with van der Waals surface area (Å²) in [5, 5.41) is 12.1. The molecular weight excluding hydrogens is 419 g/mol. The zero-order chi connectivity index (χ0) is 23.4. The first-order valence-corrected chi connectivity index (χ1v) is 11.2. The number of nitrogens with one attached hydrogen (secondary N) is 1. The lowest BCUT2D eigenvalue weighted by molar-refractivity contribution is -0.119. The highest BCUT2D eigenvalue weighted by Gasteiger charge is 2.53. The van der Waals surface area contributed by atoms with E-state index in [0.717, 1.165) is 28.8 Å². The lowest BCUT2D eigenvalue weighted by Gasteiger charge is -2.47. The summed E-state index contributed by atoms with van der Waals surface area (Å²) in [5.41, 5.74) is 3.94. The number of rotatable bonds is 4. The molecule has 0 spiro atoms. The summed E-state index contributed by atoms with van der Waals surface area (Å²) in [5.74, 6) is 0.0564. The molecule has 33 heavy (non-hydrogen) atoms. The van der Waals surface area contributed by atoms with Gasteiger partial charge in [0.25, 0.3) is 0 Å². The Kier molecular flexibility index (Phi) is 4.96. The number of allylic oxidation sites excluding steroid dienone is 2. The Labute approximate surface area is 192 Å². The van der Waals surface area contributed by atoms with Gasteiger partial charge in [0.2, 0.25) is 5.88 Å². The second kappa shape index (κ2) is 7.61. The summed E-state index contributed by atoms with van der Waals surface area (Å²) in [6.07, 6.45) is 4.57. The zero-order valence-electron chi connectivity index (χ0n) is 19.3. The van der Waals surface area contributed by atoms with Crippen LogP contribution in [0.4, 0.5) is 4.39 Å². The maximum absolute atomic E-state index is 14.7. The molecule has 3 aliphatic rings. The molecular formula is C26H27FN4O2. The van der Waals surface area contributed by atoms with Crippen molar-refractivity contribution in [1.82, 2.24) is 10.3 Å². The average Bonchev–Trinajstić information content (AvgIpc) is 3.26. The van der Waals surface area contributed by atoms with Crippen LogP contribution in [-0.4, -0.2) is 24.0 Å². The van der Waals surface area contributed by atoms with Gasteiger partial charge in [0.15, 0.2) is 11.9 Å². The first kappa shape index (κ1) is 21.5. The third-order valence-corrected chi connectivity index (χ3v) is 7.02. The number of methoxy groups -OCH3 is 1. The first-order chi connectivity index (χ1) is 15.8. The van der Waals surface area contributed by atoms with E-state index >= 15 is 0 Å². The number of halogens is 1. The Bertz CT molecular complexity index is 1250. The van der Waals surface area contributed by atoms with Crippen molar-refractivity contribution < 1.29 is 13.9 Å². The molecule has 0 bridgehead atoms. The molecule has 7 heteroatoms. The molecule has 1 aromatic carbocycles. The molecule has 3 heterocycles. The molecule has 1 aliphatic carbocycles. The van der Waals surface area contributed by atoms with E-state index in [-0.39, 0.29) is 17.4 Å². The van der Waals surface area contributed by atoms with Gasteiger partial charge in [-0.2, -0.15) is 10.2 Å². The molecule has 0 amide bonds. The van der Waals surface area contributed by atoms with E-state index in [9.17, 15) is 9.18 Å². The monoisotopic (exact) mass is 446 g/mol. The van der Waals surface area contributed by atoms with E-state index in [2.05, 4.69) is 41.3 Å². The van der Waals surface area contributed by atoms with E-state index in [1.54, 1.807) is 12.3 Å². The molecule has 2 atom stereocenters. The van der Waals surface area contributed by atoms with Crippen molar-refractivity contribution in [3.05, 3.63) is 71.0 Å². The number of benzene rings is 1. The van der Waals surface area contributed by atoms with Gasteiger partial charge in [-0.05, 0) is 35.4 Å². The third kappa shape index (κ3) is 3.29. The number of fused-ring (bicyclic) bond motifs is 1. The number of carbonyl (C=O) groups is 1. The molecule has 5 rings (SSSR count). The van der Waals surface area contributed by atoms with Gasteiger partial charge >= 0.3 is 0 Å². The maximum Gasteiger partial charge on any atom is 0.213 e. The van der Waals surface area contributed by atoms with Crippen molar-refractivity contribution >= 4 is 5.78 Å². The number of ether oxygens (including phenoxy) is 1. The minimum absolute atomic E-state index is 0.127. The van der Waals surface area contributed by atoms with Crippen molar-refractivity contribution in [1.29, 1.82) is 0 Å². The quantitative estimate of drug-likeness (QED) is 0.676. The minimum atomic E-state index is -0.675. The molecule has 0 saturated carbocycles. The molecule has 0 fully saturated rings. The van der Waals surface area contributed by atoms with Crippen LogP contribution >= 0.6 is 0 Å². The summed E-state index contributed by atoms with van der Waals surface area (Å²) in [4.78, 5) is 17.6. The van der Waals surface area contributed by atoms with Crippen LogP contribution in [0.1, 0.15) is 45.6 Å². The zero-order valence-corrected chi connectivity index (χ0v) is 19.3. The van der Waals surface area contributed by atoms with E-state index in [4.69, 9.17) is 4.74 Å². The molecule has 0 saturated heterocycles. The second-order valence-electron chi connectivity index (χ2n) is 9.70. The molecule has 170 valence electrons. The average molecular weight is 447 g/mol. The molecule has 6 nitrogen and oxygen atoms in total. The lowest BCUT2D eigenvalue weighted by atomic mass is 9.58. The molecule has 2 aliphatic heterocycles. The van der Waals surface area contributed by atoms with Gasteiger partial charge in [-0.1, -0.05) is 39.0 Å². The Balaban J connectivity index is 1.73. The molecule has 1 aromatic heterocycles. The maximum atomic E-state index is 14.7. The molecule has 0 radical (unpaired) electrons. The van der Waals surface area contributed by atoms with Crippen molar-refractivity contribution in [3.8, 4) is 17.0 Å². The van der Waals surface area contributed by atoms with Crippen molar-refractivity contribution in [2.75, 3.05) is 7.11 Å². The summed E-state index contributed by atoms with van der Waals surface area (Å²) < 4.78 is 19.9. The van der Waals surface area contributed by atoms with Crippen LogP contribution in [0.15, 0.2) is 69.8 Å². The first-order valence-electron chi connectivity index (χ1n) is 11.2. The highest BCUT2D eigenvalue weighted by atomic mass is 19.1. The van der Waals surface area contributed by atoms with Crippen LogP contribution in [0.3, 0.4) is 0 Å². The third-order valence-electron chi connectivity index (χ3n) is 7.02. The molecule has 2 unspecified atom stereocenters.